The summed E-state index contributed by atoms with van der Waals surface area (Å²) in [4.78, 5) is 3.31. The molecular weight excluding hydrogens is 374 g/mol. The summed E-state index contributed by atoms with van der Waals surface area (Å²) in [7, 11) is 0. The van der Waals surface area contributed by atoms with Crippen LogP contribution in [0, 0.1) is 11.3 Å². The Morgan fingerprint density at radius 1 is 1.18 bits per heavy atom. The fourth-order valence-electron chi connectivity index (χ4n) is 3.22. The van der Waals surface area contributed by atoms with E-state index in [1.807, 2.05) is 12.1 Å². The Hall–Kier alpha value is -2.52. The van der Waals surface area contributed by atoms with E-state index in [9.17, 15) is 5.11 Å². The highest BCUT2D eigenvalue weighted by Gasteiger charge is 2.20. The summed E-state index contributed by atoms with van der Waals surface area (Å²) in [5.41, 5.74) is 2.70. The summed E-state index contributed by atoms with van der Waals surface area (Å²) in [6.45, 7) is 4.89. The monoisotopic (exact) mass is 399 g/mol. The predicted octanol–water partition coefficient (Wildman–Crippen LogP) is 4.16. The van der Waals surface area contributed by atoms with Crippen molar-refractivity contribution in [2.45, 2.75) is 38.5 Å². The molecule has 0 radical (unpaired) electrons. The van der Waals surface area contributed by atoms with Gasteiger partial charge in [0.1, 0.15) is 11.8 Å². The number of rotatable bonds is 8. The molecule has 2 aromatic carbocycles. The summed E-state index contributed by atoms with van der Waals surface area (Å²) in [6.07, 6.45) is 2.39. The number of halogens is 1. The quantitative estimate of drug-likeness (QED) is 0.497. The normalized spacial score (nSPS) is 12.2. The van der Waals surface area contributed by atoms with Crippen LogP contribution in [0.25, 0.3) is 10.9 Å². The molecule has 0 saturated heterocycles. The number of ether oxygens (including phenoxy) is 1. The number of nitrogens with one attached hydrogen (secondary N) is 2. The maximum atomic E-state index is 10.1. The van der Waals surface area contributed by atoms with E-state index in [1.165, 1.54) is 10.9 Å². The first-order chi connectivity index (χ1) is 13.0. The van der Waals surface area contributed by atoms with Gasteiger partial charge in [-0.1, -0.05) is 30.3 Å². The smallest absolute Gasteiger partial charge is 0.198 e. The van der Waals surface area contributed by atoms with E-state index in [0.29, 0.717) is 24.3 Å². The number of hydrogen-bond acceptors (Lipinski definition) is 4. The van der Waals surface area contributed by atoms with Crippen molar-refractivity contribution in [3.05, 3.63) is 65.9 Å². The number of nitriles is 1. The van der Waals surface area contributed by atoms with Crippen LogP contribution in [0.1, 0.15) is 31.4 Å². The fraction of sp³-hybridized carbons (Fsp3) is 0.318. The minimum atomic E-state index is -0.962. The van der Waals surface area contributed by atoms with Crippen molar-refractivity contribution in [1.29, 1.82) is 5.26 Å². The molecular formula is C22H26ClN3O2. The third-order valence-corrected chi connectivity index (χ3v) is 4.57. The van der Waals surface area contributed by atoms with Gasteiger partial charge in [-0.2, -0.15) is 5.26 Å². The van der Waals surface area contributed by atoms with E-state index in [2.05, 4.69) is 48.5 Å². The van der Waals surface area contributed by atoms with Crippen LogP contribution in [0.4, 0.5) is 0 Å². The van der Waals surface area contributed by atoms with Crippen LogP contribution in [0.2, 0.25) is 0 Å². The Bertz CT molecular complexity index is 946. The minimum Gasteiger partial charge on any atom is -0.464 e. The fourth-order valence-corrected chi connectivity index (χ4v) is 3.22. The Balaban J connectivity index is 0.00000280. The van der Waals surface area contributed by atoms with Crippen molar-refractivity contribution in [3.63, 3.8) is 0 Å². The van der Waals surface area contributed by atoms with Gasteiger partial charge in [-0.05, 0) is 44.0 Å². The molecule has 0 aliphatic heterocycles. The number of hydrogen-bond donors (Lipinski definition) is 3. The zero-order valence-electron chi connectivity index (χ0n) is 16.1. The molecule has 5 nitrogen and oxygen atoms in total. The van der Waals surface area contributed by atoms with Gasteiger partial charge in [0.25, 0.3) is 0 Å². The predicted molar refractivity (Wildman–Crippen MR) is 114 cm³/mol. The number of aliphatic hydroxyl groups excluding tert-OH is 1. The van der Waals surface area contributed by atoms with Gasteiger partial charge in [0.15, 0.2) is 6.29 Å². The van der Waals surface area contributed by atoms with Crippen LogP contribution in [0.15, 0.2) is 54.7 Å². The molecule has 0 saturated carbocycles. The lowest BCUT2D eigenvalue weighted by molar-refractivity contribution is -0.0235. The van der Waals surface area contributed by atoms with E-state index in [4.69, 9.17) is 10.00 Å². The SMILES string of the molecule is CC(C)(Cc1c[nH]c2ccccc12)NCCC(O)Oc1ccccc1C#N.Cl. The highest BCUT2D eigenvalue weighted by atomic mass is 35.5. The minimum absolute atomic E-state index is 0. The summed E-state index contributed by atoms with van der Waals surface area (Å²) in [6, 6.07) is 17.3. The van der Waals surface area contributed by atoms with E-state index in [-0.39, 0.29) is 17.9 Å². The first kappa shape index (κ1) is 21.8. The maximum absolute atomic E-state index is 10.1. The van der Waals surface area contributed by atoms with Gasteiger partial charge in [0, 0.05) is 35.6 Å². The van der Waals surface area contributed by atoms with Crippen molar-refractivity contribution in [2.24, 2.45) is 0 Å². The second-order valence-corrected chi connectivity index (χ2v) is 7.32. The van der Waals surface area contributed by atoms with Crippen LogP contribution in [0.3, 0.4) is 0 Å². The lowest BCUT2D eigenvalue weighted by Crippen LogP contribution is -2.42. The summed E-state index contributed by atoms with van der Waals surface area (Å²) < 4.78 is 5.50. The maximum Gasteiger partial charge on any atom is 0.198 e. The molecule has 1 atom stereocenters. The van der Waals surface area contributed by atoms with E-state index in [1.54, 1.807) is 24.3 Å². The topological polar surface area (TPSA) is 81.1 Å². The van der Waals surface area contributed by atoms with Gasteiger partial charge in [0.05, 0.1) is 5.56 Å². The number of para-hydroxylation sites is 2. The second kappa shape index (κ2) is 9.61. The third kappa shape index (κ3) is 5.49. The molecule has 0 fully saturated rings. The number of fused-ring (bicyclic) bond motifs is 1. The van der Waals surface area contributed by atoms with Crippen molar-refractivity contribution >= 4 is 23.3 Å². The molecule has 28 heavy (non-hydrogen) atoms. The van der Waals surface area contributed by atoms with Crippen LogP contribution >= 0.6 is 12.4 Å². The standard InChI is InChI=1S/C22H25N3O2.ClH/c1-22(2,13-17-15-24-19-9-5-4-8-18(17)19)25-12-11-21(26)27-20-10-6-3-7-16(20)14-23;/h3-10,15,21,24-26H,11-13H2,1-2H3;1H. The van der Waals surface area contributed by atoms with Crippen LogP contribution in [-0.4, -0.2) is 28.5 Å². The lowest BCUT2D eigenvalue weighted by Gasteiger charge is -2.27. The van der Waals surface area contributed by atoms with Gasteiger partial charge >= 0.3 is 0 Å². The molecule has 0 bridgehead atoms. The van der Waals surface area contributed by atoms with Crippen molar-refractivity contribution in [1.82, 2.24) is 10.3 Å². The number of nitrogens with zero attached hydrogens (tertiary/aromatic N) is 1. The summed E-state index contributed by atoms with van der Waals surface area (Å²) in [5, 5.41) is 24.0. The van der Waals surface area contributed by atoms with Crippen molar-refractivity contribution in [2.75, 3.05) is 6.54 Å². The molecule has 0 amide bonds. The molecule has 3 rings (SSSR count). The van der Waals surface area contributed by atoms with Gasteiger partial charge in [-0.3, -0.25) is 0 Å². The van der Waals surface area contributed by atoms with Crippen LogP contribution in [-0.2, 0) is 6.42 Å². The molecule has 0 aliphatic rings. The van der Waals surface area contributed by atoms with Crippen LogP contribution < -0.4 is 10.1 Å². The largest absolute Gasteiger partial charge is 0.464 e. The second-order valence-electron chi connectivity index (χ2n) is 7.32. The zero-order chi connectivity index (χ0) is 19.3. The first-order valence-corrected chi connectivity index (χ1v) is 9.12. The lowest BCUT2D eigenvalue weighted by atomic mass is 9.94. The Kier molecular flexibility index (Phi) is 7.47. The average molecular weight is 400 g/mol. The molecule has 1 aromatic heterocycles. The molecule has 6 heteroatoms. The van der Waals surface area contributed by atoms with Gasteiger partial charge in [-0.15, -0.1) is 12.4 Å². The Morgan fingerprint density at radius 3 is 2.68 bits per heavy atom. The van der Waals surface area contributed by atoms with Gasteiger partial charge in [0.2, 0.25) is 0 Å². The number of aromatic amines is 1. The molecule has 1 heterocycles. The van der Waals surface area contributed by atoms with Gasteiger partial charge < -0.3 is 20.1 Å². The van der Waals surface area contributed by atoms with Crippen molar-refractivity contribution < 1.29 is 9.84 Å². The van der Waals surface area contributed by atoms with E-state index < -0.39 is 6.29 Å². The molecule has 1 unspecified atom stereocenters. The number of aliphatic hydroxyl groups is 1. The number of aromatic nitrogens is 1. The average Bonchev–Trinajstić information content (AvgIpc) is 3.04. The Labute approximate surface area is 171 Å². The molecule has 148 valence electrons. The highest BCUT2D eigenvalue weighted by Crippen LogP contribution is 2.22. The number of H-pyrrole nitrogens is 1. The first-order valence-electron chi connectivity index (χ1n) is 9.12. The van der Waals surface area contributed by atoms with E-state index >= 15 is 0 Å². The third-order valence-electron chi connectivity index (χ3n) is 4.57. The molecule has 3 N–H and O–H groups in total. The zero-order valence-corrected chi connectivity index (χ0v) is 16.9. The summed E-state index contributed by atoms with van der Waals surface area (Å²) in [5.74, 6) is 0.408. The molecule has 0 aliphatic carbocycles. The Morgan fingerprint density at radius 2 is 1.89 bits per heavy atom. The van der Waals surface area contributed by atoms with Gasteiger partial charge in [-0.25, -0.2) is 0 Å². The number of benzene rings is 2. The van der Waals surface area contributed by atoms with Crippen LogP contribution in [0.5, 0.6) is 5.75 Å². The molecule has 3 aromatic rings. The molecule has 0 spiro atoms. The van der Waals surface area contributed by atoms with E-state index in [0.717, 1.165) is 11.9 Å². The van der Waals surface area contributed by atoms with Crippen molar-refractivity contribution in [3.8, 4) is 11.8 Å². The highest BCUT2D eigenvalue weighted by molar-refractivity contribution is 5.85. The summed E-state index contributed by atoms with van der Waals surface area (Å²) >= 11 is 0.